The van der Waals surface area contributed by atoms with Crippen molar-refractivity contribution in [3.63, 3.8) is 0 Å². The Hall–Kier alpha value is -1.88. The summed E-state index contributed by atoms with van der Waals surface area (Å²) in [4.78, 5) is 13.8. The highest BCUT2D eigenvalue weighted by Crippen LogP contribution is 2.24. The largest absolute Gasteiger partial charge is 0.480 e. The summed E-state index contributed by atoms with van der Waals surface area (Å²) in [5.74, 6) is -1.48. The number of carboxylic acids is 1. The monoisotopic (exact) mass is 236 g/mol. The van der Waals surface area contributed by atoms with Crippen molar-refractivity contribution < 1.29 is 14.3 Å². The van der Waals surface area contributed by atoms with Crippen molar-refractivity contribution in [3.8, 4) is 0 Å². The summed E-state index contributed by atoms with van der Waals surface area (Å²) in [6.45, 7) is 1.41. The van der Waals surface area contributed by atoms with Crippen molar-refractivity contribution in [2.45, 2.75) is 18.9 Å². The maximum absolute atomic E-state index is 13.6. The van der Waals surface area contributed by atoms with Gasteiger partial charge in [0.1, 0.15) is 11.4 Å². The lowest BCUT2D eigenvalue weighted by Gasteiger charge is -2.18. The average Bonchev–Trinajstić information content (AvgIpc) is 2.62. The Balaban J connectivity index is 2.47. The number of hydrogen-bond acceptors (Lipinski definition) is 2. The van der Waals surface area contributed by atoms with Gasteiger partial charge in [0, 0.05) is 23.5 Å². The predicted octanol–water partition coefficient (Wildman–Crippen LogP) is 1.65. The molecule has 4 N–H and O–H groups in total. The summed E-state index contributed by atoms with van der Waals surface area (Å²) in [6.07, 6.45) is 1.67. The fourth-order valence-electron chi connectivity index (χ4n) is 1.82. The number of fused-ring (bicyclic) bond motifs is 1. The molecule has 0 saturated heterocycles. The van der Waals surface area contributed by atoms with Crippen LogP contribution in [0.2, 0.25) is 0 Å². The van der Waals surface area contributed by atoms with E-state index in [0.717, 1.165) is 0 Å². The molecule has 0 spiro atoms. The third-order valence-electron chi connectivity index (χ3n) is 2.78. The molecule has 0 aliphatic heterocycles. The SMILES string of the molecule is CC(N)(Cc1c[nH]c2cccc(F)c12)C(=O)O. The molecular weight excluding hydrogens is 223 g/mol. The van der Waals surface area contributed by atoms with E-state index in [1.54, 1.807) is 18.3 Å². The molecule has 0 bridgehead atoms. The lowest BCUT2D eigenvalue weighted by molar-refractivity contribution is -0.142. The van der Waals surface area contributed by atoms with Crippen LogP contribution in [-0.4, -0.2) is 21.6 Å². The number of carbonyl (C=O) groups is 1. The number of H-pyrrole nitrogens is 1. The van der Waals surface area contributed by atoms with Crippen LogP contribution in [0.4, 0.5) is 4.39 Å². The average molecular weight is 236 g/mol. The van der Waals surface area contributed by atoms with Crippen LogP contribution >= 0.6 is 0 Å². The van der Waals surface area contributed by atoms with Crippen molar-refractivity contribution >= 4 is 16.9 Å². The summed E-state index contributed by atoms with van der Waals surface area (Å²) in [5.41, 5.74) is 5.47. The second kappa shape index (κ2) is 3.85. The number of benzene rings is 1. The van der Waals surface area contributed by atoms with Crippen LogP contribution in [0, 0.1) is 5.82 Å². The molecule has 0 aliphatic rings. The summed E-state index contributed by atoms with van der Waals surface area (Å²) in [7, 11) is 0. The zero-order valence-electron chi connectivity index (χ0n) is 9.33. The Bertz CT molecular complexity index is 575. The minimum absolute atomic E-state index is 0.0727. The molecule has 1 aromatic carbocycles. The molecule has 0 radical (unpaired) electrons. The first-order valence-electron chi connectivity index (χ1n) is 5.18. The van der Waals surface area contributed by atoms with Crippen LogP contribution in [0.5, 0.6) is 0 Å². The molecule has 1 unspecified atom stereocenters. The number of halogens is 1. The molecule has 4 nitrogen and oxygen atoms in total. The third-order valence-corrected chi connectivity index (χ3v) is 2.78. The Labute approximate surface area is 97.2 Å². The number of aliphatic carboxylic acids is 1. The van der Waals surface area contributed by atoms with Gasteiger partial charge in [-0.05, 0) is 24.6 Å². The first-order valence-corrected chi connectivity index (χ1v) is 5.18. The highest BCUT2D eigenvalue weighted by molar-refractivity contribution is 5.85. The van der Waals surface area contributed by atoms with Crippen molar-refractivity contribution in [1.82, 2.24) is 4.98 Å². The minimum Gasteiger partial charge on any atom is -0.480 e. The molecule has 1 heterocycles. The number of nitrogens with one attached hydrogen (secondary N) is 1. The van der Waals surface area contributed by atoms with E-state index in [4.69, 9.17) is 10.8 Å². The fraction of sp³-hybridized carbons (Fsp3) is 0.250. The van der Waals surface area contributed by atoms with E-state index in [1.165, 1.54) is 13.0 Å². The fourth-order valence-corrected chi connectivity index (χ4v) is 1.82. The van der Waals surface area contributed by atoms with Gasteiger partial charge >= 0.3 is 5.97 Å². The summed E-state index contributed by atoms with van der Waals surface area (Å²) < 4.78 is 13.6. The number of nitrogens with two attached hydrogens (primary N) is 1. The number of aromatic amines is 1. The van der Waals surface area contributed by atoms with Crippen molar-refractivity contribution in [2.75, 3.05) is 0 Å². The van der Waals surface area contributed by atoms with Gasteiger partial charge < -0.3 is 15.8 Å². The van der Waals surface area contributed by atoms with Gasteiger partial charge in [0.2, 0.25) is 0 Å². The van der Waals surface area contributed by atoms with Crippen LogP contribution in [-0.2, 0) is 11.2 Å². The van der Waals surface area contributed by atoms with Crippen LogP contribution in [0.3, 0.4) is 0 Å². The molecule has 5 heteroatoms. The maximum Gasteiger partial charge on any atom is 0.323 e. The van der Waals surface area contributed by atoms with Gasteiger partial charge in [-0.3, -0.25) is 4.79 Å². The molecule has 1 aromatic heterocycles. The molecule has 0 amide bonds. The minimum atomic E-state index is -1.41. The lowest BCUT2D eigenvalue weighted by atomic mass is 9.94. The van der Waals surface area contributed by atoms with Gasteiger partial charge in [-0.25, -0.2) is 4.39 Å². The Morgan fingerprint density at radius 1 is 1.59 bits per heavy atom. The van der Waals surface area contributed by atoms with Crippen LogP contribution < -0.4 is 5.73 Å². The number of carboxylic acid groups (broad SMARTS) is 1. The molecule has 0 saturated carbocycles. The summed E-state index contributed by atoms with van der Waals surface area (Å²) in [5, 5.41) is 9.36. The number of rotatable bonds is 3. The highest BCUT2D eigenvalue weighted by atomic mass is 19.1. The normalized spacial score (nSPS) is 14.8. The van der Waals surface area contributed by atoms with E-state index in [0.29, 0.717) is 16.5 Å². The predicted molar refractivity (Wildman–Crippen MR) is 62.2 cm³/mol. The Morgan fingerprint density at radius 2 is 2.29 bits per heavy atom. The Morgan fingerprint density at radius 3 is 2.94 bits per heavy atom. The second-order valence-electron chi connectivity index (χ2n) is 4.38. The number of aromatic nitrogens is 1. The van der Waals surface area contributed by atoms with E-state index in [1.807, 2.05) is 0 Å². The van der Waals surface area contributed by atoms with Gasteiger partial charge in [0.15, 0.2) is 0 Å². The van der Waals surface area contributed by atoms with Crippen LogP contribution in [0.1, 0.15) is 12.5 Å². The molecule has 1 atom stereocenters. The van der Waals surface area contributed by atoms with Gasteiger partial charge in [-0.15, -0.1) is 0 Å². The second-order valence-corrected chi connectivity index (χ2v) is 4.38. The van der Waals surface area contributed by atoms with Crippen molar-refractivity contribution in [1.29, 1.82) is 0 Å². The molecule has 0 fully saturated rings. The van der Waals surface area contributed by atoms with E-state index >= 15 is 0 Å². The molecule has 90 valence electrons. The van der Waals surface area contributed by atoms with Crippen LogP contribution in [0.25, 0.3) is 10.9 Å². The summed E-state index contributed by atoms with van der Waals surface area (Å²) >= 11 is 0. The smallest absolute Gasteiger partial charge is 0.323 e. The molecule has 2 rings (SSSR count). The van der Waals surface area contributed by atoms with E-state index in [-0.39, 0.29) is 12.2 Å². The van der Waals surface area contributed by atoms with Crippen molar-refractivity contribution in [2.24, 2.45) is 5.73 Å². The Kier molecular flexibility index (Phi) is 2.63. The van der Waals surface area contributed by atoms with Gasteiger partial charge in [-0.2, -0.15) is 0 Å². The first kappa shape index (κ1) is 11.6. The van der Waals surface area contributed by atoms with E-state index in [9.17, 15) is 9.18 Å². The molecule has 17 heavy (non-hydrogen) atoms. The van der Waals surface area contributed by atoms with Gasteiger partial charge in [0.05, 0.1) is 0 Å². The standard InChI is InChI=1S/C12H13FN2O2/c1-12(14,11(16)17)5-7-6-15-9-4-2-3-8(13)10(7)9/h2-4,6,15H,5,14H2,1H3,(H,16,17). The quantitative estimate of drug-likeness (QED) is 0.758. The van der Waals surface area contributed by atoms with E-state index in [2.05, 4.69) is 4.98 Å². The first-order chi connectivity index (χ1) is 7.92. The molecule has 0 aliphatic carbocycles. The zero-order valence-corrected chi connectivity index (χ0v) is 9.33. The maximum atomic E-state index is 13.6. The van der Waals surface area contributed by atoms with Gasteiger partial charge in [0.25, 0.3) is 0 Å². The molecular formula is C12H13FN2O2. The lowest BCUT2D eigenvalue weighted by Crippen LogP contribution is -2.46. The van der Waals surface area contributed by atoms with Gasteiger partial charge in [-0.1, -0.05) is 6.07 Å². The summed E-state index contributed by atoms with van der Waals surface area (Å²) in [6, 6.07) is 4.67. The van der Waals surface area contributed by atoms with Crippen LogP contribution in [0.15, 0.2) is 24.4 Å². The topological polar surface area (TPSA) is 79.1 Å². The highest BCUT2D eigenvalue weighted by Gasteiger charge is 2.29. The third kappa shape index (κ3) is 2.01. The van der Waals surface area contributed by atoms with E-state index < -0.39 is 11.5 Å². The zero-order chi connectivity index (χ0) is 12.6. The number of hydrogen-bond donors (Lipinski definition) is 3. The molecule has 2 aromatic rings. The van der Waals surface area contributed by atoms with Crippen molar-refractivity contribution in [3.05, 3.63) is 35.8 Å².